The number of nitrogens with two attached hydrogens (primary N) is 1. The molecule has 0 aliphatic heterocycles. The number of hydrogen-bond acceptors (Lipinski definition) is 5. The van der Waals surface area contributed by atoms with Crippen LogP contribution in [0.2, 0.25) is 0 Å². The van der Waals surface area contributed by atoms with E-state index in [-0.39, 0.29) is 5.82 Å². The molecule has 5 heteroatoms. The molecule has 0 bridgehead atoms. The lowest BCUT2D eigenvalue weighted by Gasteiger charge is -2.04. The third-order valence-electron chi connectivity index (χ3n) is 1.60. The van der Waals surface area contributed by atoms with Crippen LogP contribution in [0.25, 0.3) is 0 Å². The van der Waals surface area contributed by atoms with Crippen molar-refractivity contribution in [2.24, 2.45) is 0 Å². The smallest absolute Gasteiger partial charge is 0.192 e. The van der Waals surface area contributed by atoms with E-state index in [2.05, 4.69) is 15.4 Å². The predicted molar refractivity (Wildman–Crippen MR) is 50.8 cm³/mol. The highest BCUT2D eigenvalue weighted by Crippen LogP contribution is 2.23. The number of para-hydroxylation sites is 1. The lowest BCUT2D eigenvalue weighted by molar-refractivity contribution is 0.476. The summed E-state index contributed by atoms with van der Waals surface area (Å²) >= 11 is 0. The van der Waals surface area contributed by atoms with Gasteiger partial charge in [0.1, 0.15) is 5.75 Å². The first kappa shape index (κ1) is 8.43. The van der Waals surface area contributed by atoms with Gasteiger partial charge in [0.15, 0.2) is 11.6 Å². The second kappa shape index (κ2) is 3.69. The number of nitrogen functional groups attached to an aromatic ring is 1. The van der Waals surface area contributed by atoms with E-state index < -0.39 is 0 Å². The number of aromatic nitrogens is 3. The number of nitrogens with zero attached hydrogens (tertiary/aromatic N) is 3. The molecule has 0 saturated heterocycles. The Morgan fingerprint density at radius 1 is 1.14 bits per heavy atom. The van der Waals surface area contributed by atoms with Crippen LogP contribution in [-0.4, -0.2) is 15.4 Å². The van der Waals surface area contributed by atoms with Crippen molar-refractivity contribution in [1.29, 1.82) is 0 Å². The Hall–Kier alpha value is -2.17. The van der Waals surface area contributed by atoms with Crippen LogP contribution in [0.5, 0.6) is 11.5 Å². The molecule has 0 fully saturated rings. The van der Waals surface area contributed by atoms with E-state index in [4.69, 9.17) is 10.5 Å². The van der Waals surface area contributed by atoms with Gasteiger partial charge in [-0.25, -0.2) is 0 Å². The van der Waals surface area contributed by atoms with Gasteiger partial charge in [-0.2, -0.15) is 0 Å². The summed E-state index contributed by atoms with van der Waals surface area (Å²) < 4.78 is 5.42. The molecule has 2 rings (SSSR count). The largest absolute Gasteiger partial charge is 0.452 e. The number of ether oxygens (including phenoxy) is 1. The van der Waals surface area contributed by atoms with Crippen molar-refractivity contribution < 1.29 is 4.74 Å². The van der Waals surface area contributed by atoms with Crippen LogP contribution < -0.4 is 10.5 Å². The van der Waals surface area contributed by atoms with Crippen LogP contribution in [0.15, 0.2) is 36.5 Å². The fourth-order valence-electron chi connectivity index (χ4n) is 0.962. The monoisotopic (exact) mass is 188 g/mol. The zero-order chi connectivity index (χ0) is 9.80. The Kier molecular flexibility index (Phi) is 2.22. The first-order chi connectivity index (χ1) is 6.86. The number of hydrogen-bond donors (Lipinski definition) is 1. The van der Waals surface area contributed by atoms with E-state index in [0.717, 1.165) is 0 Å². The van der Waals surface area contributed by atoms with Crippen molar-refractivity contribution >= 4 is 5.82 Å². The average Bonchev–Trinajstić information content (AvgIpc) is 2.23. The van der Waals surface area contributed by atoms with Gasteiger partial charge in [0.2, 0.25) is 0 Å². The van der Waals surface area contributed by atoms with Gasteiger partial charge >= 0.3 is 0 Å². The molecule has 5 nitrogen and oxygen atoms in total. The molecule has 70 valence electrons. The third kappa shape index (κ3) is 1.77. The average molecular weight is 188 g/mol. The quantitative estimate of drug-likeness (QED) is 0.767. The van der Waals surface area contributed by atoms with E-state index in [1.807, 2.05) is 30.3 Å². The van der Waals surface area contributed by atoms with Gasteiger partial charge in [0, 0.05) is 0 Å². The molecule has 1 heterocycles. The predicted octanol–water partition coefficient (Wildman–Crippen LogP) is 1.25. The van der Waals surface area contributed by atoms with Crippen molar-refractivity contribution in [3.8, 4) is 11.5 Å². The van der Waals surface area contributed by atoms with Crippen LogP contribution in [0.4, 0.5) is 5.82 Å². The molecule has 0 spiro atoms. The van der Waals surface area contributed by atoms with E-state index in [1.54, 1.807) is 0 Å². The van der Waals surface area contributed by atoms with Crippen LogP contribution in [0.3, 0.4) is 0 Å². The van der Waals surface area contributed by atoms with Crippen LogP contribution in [0.1, 0.15) is 0 Å². The molecular formula is C9H8N4O. The van der Waals surface area contributed by atoms with Crippen LogP contribution in [-0.2, 0) is 0 Å². The van der Waals surface area contributed by atoms with E-state index in [0.29, 0.717) is 11.5 Å². The number of rotatable bonds is 2. The Balaban J connectivity index is 2.24. The second-order valence-electron chi connectivity index (χ2n) is 2.60. The zero-order valence-electron chi connectivity index (χ0n) is 7.29. The summed E-state index contributed by atoms with van der Waals surface area (Å²) in [6.07, 6.45) is 1.43. The molecule has 0 amide bonds. The standard InChI is InChI=1S/C9H8N4O/c10-9-8(6-11-13-12-9)14-7-4-2-1-3-5-7/h1-6H,(H2,10,11,12). The topological polar surface area (TPSA) is 73.9 Å². The van der Waals surface area contributed by atoms with Gasteiger partial charge in [-0.15, -0.1) is 10.2 Å². The third-order valence-corrected chi connectivity index (χ3v) is 1.60. The maximum atomic E-state index is 5.53. The molecule has 0 aliphatic carbocycles. The van der Waals surface area contributed by atoms with Crippen molar-refractivity contribution in [3.63, 3.8) is 0 Å². The summed E-state index contributed by atoms with van der Waals surface area (Å²) in [5.74, 6) is 1.32. The van der Waals surface area contributed by atoms with Gasteiger partial charge in [-0.05, 0) is 17.3 Å². The van der Waals surface area contributed by atoms with E-state index in [9.17, 15) is 0 Å². The van der Waals surface area contributed by atoms with Gasteiger partial charge in [0.05, 0.1) is 6.20 Å². The molecule has 0 radical (unpaired) electrons. The van der Waals surface area contributed by atoms with Crippen molar-refractivity contribution in [1.82, 2.24) is 15.4 Å². The Morgan fingerprint density at radius 2 is 1.93 bits per heavy atom. The molecule has 1 aromatic carbocycles. The lowest BCUT2D eigenvalue weighted by Crippen LogP contribution is -1.98. The van der Waals surface area contributed by atoms with Crippen molar-refractivity contribution in [2.75, 3.05) is 5.73 Å². The highest BCUT2D eigenvalue weighted by atomic mass is 16.5. The molecule has 0 saturated carbocycles. The van der Waals surface area contributed by atoms with Crippen LogP contribution >= 0.6 is 0 Å². The molecule has 0 unspecified atom stereocenters. The fraction of sp³-hybridized carbons (Fsp3) is 0. The molecule has 0 aliphatic rings. The zero-order valence-corrected chi connectivity index (χ0v) is 7.29. The van der Waals surface area contributed by atoms with E-state index >= 15 is 0 Å². The molecule has 14 heavy (non-hydrogen) atoms. The van der Waals surface area contributed by atoms with Gasteiger partial charge in [0.25, 0.3) is 0 Å². The summed E-state index contributed by atoms with van der Waals surface area (Å²) in [6, 6.07) is 9.28. The number of anilines is 1. The van der Waals surface area contributed by atoms with Gasteiger partial charge in [-0.1, -0.05) is 18.2 Å². The fourth-order valence-corrected chi connectivity index (χ4v) is 0.962. The van der Waals surface area contributed by atoms with Gasteiger partial charge in [-0.3, -0.25) is 0 Å². The molecular weight excluding hydrogens is 180 g/mol. The minimum absolute atomic E-state index is 0.226. The first-order valence-corrected chi connectivity index (χ1v) is 4.03. The summed E-state index contributed by atoms with van der Waals surface area (Å²) in [5, 5.41) is 10.5. The minimum Gasteiger partial charge on any atom is -0.452 e. The Morgan fingerprint density at radius 3 is 2.64 bits per heavy atom. The van der Waals surface area contributed by atoms with Crippen molar-refractivity contribution in [3.05, 3.63) is 36.5 Å². The van der Waals surface area contributed by atoms with Crippen molar-refractivity contribution in [2.45, 2.75) is 0 Å². The summed E-state index contributed by atoms with van der Waals surface area (Å²) in [7, 11) is 0. The first-order valence-electron chi connectivity index (χ1n) is 4.03. The minimum atomic E-state index is 0.226. The van der Waals surface area contributed by atoms with Gasteiger partial charge < -0.3 is 10.5 Å². The highest BCUT2D eigenvalue weighted by Gasteiger charge is 2.02. The molecule has 2 aromatic rings. The Labute approximate surface area is 80.5 Å². The highest BCUT2D eigenvalue weighted by molar-refractivity contribution is 5.44. The number of benzene rings is 1. The molecule has 1 aromatic heterocycles. The summed E-state index contributed by atoms with van der Waals surface area (Å²) in [4.78, 5) is 0. The summed E-state index contributed by atoms with van der Waals surface area (Å²) in [6.45, 7) is 0. The SMILES string of the molecule is Nc1nnncc1Oc1ccccc1. The van der Waals surface area contributed by atoms with E-state index in [1.165, 1.54) is 6.20 Å². The lowest BCUT2D eigenvalue weighted by atomic mass is 10.3. The van der Waals surface area contributed by atoms with Crippen LogP contribution in [0, 0.1) is 0 Å². The molecule has 0 atom stereocenters. The summed E-state index contributed by atoms with van der Waals surface area (Å²) in [5.41, 5.74) is 5.53. The Bertz CT molecular complexity index is 418. The normalized spacial score (nSPS) is 9.71. The second-order valence-corrected chi connectivity index (χ2v) is 2.60. The maximum Gasteiger partial charge on any atom is 0.192 e. The molecule has 2 N–H and O–H groups in total. The maximum absolute atomic E-state index is 5.53.